The fraction of sp³-hybridized carbons (Fsp3) is 0.333. The zero-order chi connectivity index (χ0) is 20.0. The van der Waals surface area contributed by atoms with Crippen molar-refractivity contribution in [1.29, 1.82) is 0 Å². The molecule has 162 valence electrons. The molecule has 0 saturated heterocycles. The molecule has 0 aliphatic heterocycles. The van der Waals surface area contributed by atoms with Gasteiger partial charge in [-0.1, -0.05) is 13.2 Å². The molecular weight excluding hydrogens is 587 g/mol. The third-order valence-corrected chi connectivity index (χ3v) is 8.12. The van der Waals surface area contributed by atoms with E-state index >= 15 is 0 Å². The van der Waals surface area contributed by atoms with E-state index in [1.165, 1.54) is 0 Å². The molecule has 0 fully saturated rings. The minimum atomic E-state index is -5.60. The van der Waals surface area contributed by atoms with Crippen molar-refractivity contribution in [1.82, 2.24) is 0 Å². The van der Waals surface area contributed by atoms with Gasteiger partial charge in [-0.15, -0.1) is 0 Å². The second-order valence-electron chi connectivity index (χ2n) is 3.40. The number of hydrogen-bond acceptors (Lipinski definition) is 14. The van der Waals surface area contributed by atoms with Gasteiger partial charge >= 0.3 is 51.2 Å². The molecule has 27 heavy (non-hydrogen) atoms. The van der Waals surface area contributed by atoms with Crippen LogP contribution in [-0.4, -0.2) is 21.4 Å². The van der Waals surface area contributed by atoms with E-state index in [2.05, 4.69) is 22.2 Å². The van der Waals surface area contributed by atoms with Gasteiger partial charge in [0.1, 0.15) is 0 Å². The molecule has 2 N–H and O–H groups in total. The summed E-state index contributed by atoms with van der Waals surface area (Å²) in [6, 6.07) is 0. The Labute approximate surface area is 184 Å². The maximum Gasteiger partial charge on any atom is 2.00 e. The van der Waals surface area contributed by atoms with Crippen LogP contribution < -0.4 is 29.4 Å². The summed E-state index contributed by atoms with van der Waals surface area (Å²) in [5.74, 6) is 0. The summed E-state index contributed by atoms with van der Waals surface area (Å²) in [5.41, 5.74) is -6.13. The molecule has 0 aromatic carbocycles. The Morgan fingerprint density at radius 3 is 0.963 bits per heavy atom. The summed E-state index contributed by atoms with van der Waals surface area (Å²) in [4.78, 5) is 60.9. The molecule has 0 aromatic heterocycles. The number of aliphatic hydroxyl groups is 2. The first kappa shape index (κ1) is 38.8. The molecule has 0 saturated carbocycles. The van der Waals surface area contributed by atoms with E-state index in [1.807, 2.05) is 0 Å². The van der Waals surface area contributed by atoms with Gasteiger partial charge in [-0.25, -0.2) is 0 Å². The number of hydrogen-bond donors (Lipinski definition) is 2. The molecule has 0 radical (unpaired) electrons. The first-order valence-electron chi connectivity index (χ1n) is 5.03. The van der Waals surface area contributed by atoms with Gasteiger partial charge in [0.15, 0.2) is 11.2 Å². The molecule has 0 heterocycles. The third kappa shape index (κ3) is 15.7. The van der Waals surface area contributed by atoms with E-state index in [1.54, 1.807) is 0 Å². The zero-order valence-corrected chi connectivity index (χ0v) is 19.3. The van der Waals surface area contributed by atoms with E-state index < -0.39 is 41.6 Å². The summed E-state index contributed by atoms with van der Waals surface area (Å²) in [5, 5.41) is 16.8. The third-order valence-electron chi connectivity index (χ3n) is 1.57. The van der Waals surface area contributed by atoms with E-state index in [0.29, 0.717) is 12.5 Å². The van der Waals surface area contributed by atoms with Crippen molar-refractivity contribution in [3.05, 3.63) is 25.7 Å². The SMILES string of the molecule is C=COP(=O)([O-])C(O)P(=O)([O-])[O-].C=COP(=O)([O-])C(O)P(=O)([O-])[O-].[Fe+2].[Fe+2].[Fe+2]. The zero-order valence-electron chi connectivity index (χ0n) is 12.4. The van der Waals surface area contributed by atoms with Crippen LogP contribution in [0.4, 0.5) is 0 Å². The van der Waals surface area contributed by atoms with Gasteiger partial charge in [0.2, 0.25) is 15.2 Å². The van der Waals surface area contributed by atoms with Crippen molar-refractivity contribution in [3.63, 3.8) is 0 Å². The van der Waals surface area contributed by atoms with Gasteiger partial charge in [0, 0.05) is 0 Å². The second-order valence-corrected chi connectivity index (χ2v) is 10.9. The average Bonchev–Trinajstić information content (AvgIpc) is 2.35. The maximum atomic E-state index is 10.5. The molecule has 4 unspecified atom stereocenters. The number of rotatable bonds is 8. The summed E-state index contributed by atoms with van der Waals surface area (Å²) in [7, 11) is -21.4. The molecule has 0 rings (SSSR count). The Balaban J connectivity index is -0.000000108. The van der Waals surface area contributed by atoms with Crippen molar-refractivity contribution in [2.75, 3.05) is 0 Å². The van der Waals surface area contributed by atoms with Crippen molar-refractivity contribution in [2.45, 2.75) is 11.2 Å². The van der Waals surface area contributed by atoms with Crippen LogP contribution in [0.25, 0.3) is 0 Å². The Morgan fingerprint density at radius 1 is 0.667 bits per heavy atom. The second kappa shape index (κ2) is 15.1. The maximum absolute atomic E-state index is 10.5. The number of aliphatic hydroxyl groups excluding tert-OH is 2. The molecule has 0 aliphatic rings. The molecule has 21 heteroatoms. The fourth-order valence-corrected chi connectivity index (χ4v) is 4.39. The van der Waals surface area contributed by atoms with Crippen LogP contribution >= 0.6 is 30.4 Å². The van der Waals surface area contributed by atoms with Gasteiger partial charge in [-0.05, 0) is 15.2 Å². The first-order valence-corrected chi connectivity index (χ1v) is 11.5. The quantitative estimate of drug-likeness (QED) is 0.153. The van der Waals surface area contributed by atoms with Crippen molar-refractivity contribution in [2.24, 2.45) is 0 Å². The van der Waals surface area contributed by atoms with E-state index in [-0.39, 0.29) is 51.2 Å². The van der Waals surface area contributed by atoms with Crippen molar-refractivity contribution in [3.8, 4) is 0 Å². The van der Waals surface area contributed by atoms with Crippen LogP contribution in [0, 0.1) is 0 Å². The van der Waals surface area contributed by atoms with Crippen LogP contribution in [0.1, 0.15) is 0 Å². The van der Waals surface area contributed by atoms with Crippen molar-refractivity contribution < 1.29 is 118 Å². The summed E-state index contributed by atoms with van der Waals surface area (Å²) < 4.78 is 48.3. The van der Waals surface area contributed by atoms with E-state index in [9.17, 15) is 47.6 Å². The van der Waals surface area contributed by atoms with E-state index in [0.717, 1.165) is 0 Å². The Bertz CT molecular complexity index is 574. The van der Waals surface area contributed by atoms with Crippen LogP contribution in [0.3, 0.4) is 0 Å². The minimum Gasteiger partial charge on any atom is -0.809 e. The monoisotopic (exact) mass is 598 g/mol. The largest absolute Gasteiger partial charge is 2.00 e. The summed E-state index contributed by atoms with van der Waals surface area (Å²) in [6.07, 6.45) is 0.791. The molecule has 0 aliphatic carbocycles. The molecule has 0 amide bonds. The standard InChI is InChI=1S/2C3H8O7P2.3Fe/c2*1-2-10-12(8,9)3(4)11(5,6)7;;;/h2*2-4H,1H2,(H,8,9)(H2,5,6,7);;;/q;;3*+2/p-6. The van der Waals surface area contributed by atoms with Crippen LogP contribution in [0.5, 0.6) is 0 Å². The van der Waals surface area contributed by atoms with Crippen LogP contribution in [0.2, 0.25) is 0 Å². The van der Waals surface area contributed by atoms with Gasteiger partial charge in [-0.3, -0.25) is 9.13 Å². The predicted molar refractivity (Wildman–Crippen MR) is 65.0 cm³/mol. The van der Waals surface area contributed by atoms with Gasteiger partial charge in [-0.2, -0.15) is 0 Å². The Kier molecular flexibility index (Phi) is 21.7. The van der Waals surface area contributed by atoms with Crippen molar-refractivity contribution >= 4 is 30.4 Å². The molecule has 0 spiro atoms. The molecule has 14 nitrogen and oxygen atoms in total. The average molecular weight is 598 g/mol. The van der Waals surface area contributed by atoms with Gasteiger partial charge < -0.3 is 57.8 Å². The predicted octanol–water partition coefficient (Wildman–Crippen LogP) is -4.23. The molecular formula is C6H10Fe3O14P4. The molecule has 0 bridgehead atoms. The normalized spacial score (nSPS) is 17.2. The molecule has 0 aromatic rings. The van der Waals surface area contributed by atoms with Gasteiger partial charge in [0.05, 0.1) is 12.5 Å². The molecule has 4 atom stereocenters. The smallest absolute Gasteiger partial charge is 0.809 e. The van der Waals surface area contributed by atoms with Crippen LogP contribution in [-0.2, 0) is 78.5 Å². The fourth-order valence-electron chi connectivity index (χ4n) is 0.663. The van der Waals surface area contributed by atoms with Crippen LogP contribution in [0.15, 0.2) is 25.7 Å². The minimum absolute atomic E-state index is 0. The summed E-state index contributed by atoms with van der Waals surface area (Å²) >= 11 is 0. The van der Waals surface area contributed by atoms with Gasteiger partial charge in [0.25, 0.3) is 0 Å². The first-order chi connectivity index (χ1) is 10.4. The van der Waals surface area contributed by atoms with E-state index in [4.69, 9.17) is 10.2 Å². The Hall–Kier alpha value is 1.24. The summed E-state index contributed by atoms with van der Waals surface area (Å²) in [6.45, 7) is 5.62. The topological polar surface area (TPSA) is 266 Å². The Morgan fingerprint density at radius 2 is 0.852 bits per heavy atom.